The molecule has 5 nitrogen and oxygen atoms in total. The molecule has 0 bridgehead atoms. The molecule has 3 N–H and O–H groups in total. The van der Waals surface area contributed by atoms with Gasteiger partial charge in [0.15, 0.2) is 0 Å². The Hall–Kier alpha value is -1.47. The smallest absolute Gasteiger partial charge is 0.251 e. The van der Waals surface area contributed by atoms with Crippen LogP contribution >= 0.6 is 0 Å². The quantitative estimate of drug-likeness (QED) is 0.890. The van der Waals surface area contributed by atoms with E-state index in [1.54, 1.807) is 0 Å². The van der Waals surface area contributed by atoms with E-state index in [9.17, 15) is 17.6 Å². The molecular weight excluding hydrogens is 295 g/mol. The first-order valence-corrected chi connectivity index (χ1v) is 8.37. The van der Waals surface area contributed by atoms with Crippen molar-refractivity contribution in [3.63, 3.8) is 0 Å². The first-order chi connectivity index (χ1) is 9.68. The zero-order valence-corrected chi connectivity index (χ0v) is 12.8. The fraction of sp³-hybridized carbons (Fsp3) is 0.500. The highest BCUT2D eigenvalue weighted by atomic mass is 32.2. The summed E-state index contributed by atoms with van der Waals surface area (Å²) in [6.07, 6.45) is 2.79. The highest BCUT2D eigenvalue weighted by Crippen LogP contribution is 2.26. The third-order valence-corrected chi connectivity index (χ3v) is 4.94. The minimum atomic E-state index is -4.07. The highest BCUT2D eigenvalue weighted by Gasteiger charge is 2.25. The molecule has 0 aliphatic heterocycles. The minimum Gasteiger partial charge on any atom is -0.349 e. The van der Waals surface area contributed by atoms with Crippen LogP contribution in [0, 0.1) is 18.7 Å². The van der Waals surface area contributed by atoms with E-state index in [4.69, 9.17) is 5.14 Å². The first-order valence-electron chi connectivity index (χ1n) is 6.82. The summed E-state index contributed by atoms with van der Waals surface area (Å²) in [5.41, 5.74) is 0.182. The Morgan fingerprint density at radius 3 is 2.57 bits per heavy atom. The van der Waals surface area contributed by atoms with Gasteiger partial charge in [0.25, 0.3) is 5.91 Å². The first kappa shape index (κ1) is 15.9. The van der Waals surface area contributed by atoms with Gasteiger partial charge in [0, 0.05) is 11.6 Å². The van der Waals surface area contributed by atoms with Crippen LogP contribution in [0.1, 0.15) is 42.1 Å². The van der Waals surface area contributed by atoms with E-state index >= 15 is 0 Å². The van der Waals surface area contributed by atoms with Gasteiger partial charge in [-0.3, -0.25) is 4.79 Å². The number of primary sulfonamides is 1. The average Bonchev–Trinajstić information content (AvgIpc) is 2.75. The second-order valence-electron chi connectivity index (χ2n) is 5.71. The number of hydrogen-bond acceptors (Lipinski definition) is 3. The Morgan fingerprint density at radius 1 is 1.38 bits per heavy atom. The van der Waals surface area contributed by atoms with Gasteiger partial charge in [-0.2, -0.15) is 0 Å². The maximum absolute atomic E-state index is 13.6. The summed E-state index contributed by atoms with van der Waals surface area (Å²) in [4.78, 5) is 11.9. The van der Waals surface area contributed by atoms with Crippen LogP contribution in [0.3, 0.4) is 0 Å². The van der Waals surface area contributed by atoms with E-state index < -0.39 is 21.7 Å². The molecular formula is C14H19FN2O3S. The molecule has 1 aliphatic rings. The molecule has 2 atom stereocenters. The summed E-state index contributed by atoms with van der Waals surface area (Å²) in [7, 11) is -4.07. The molecule has 0 spiro atoms. The summed E-state index contributed by atoms with van der Waals surface area (Å²) in [6, 6.07) is 1.92. The monoisotopic (exact) mass is 314 g/mol. The summed E-state index contributed by atoms with van der Waals surface area (Å²) in [6.45, 7) is 3.56. The van der Waals surface area contributed by atoms with Crippen LogP contribution in [-0.4, -0.2) is 20.4 Å². The lowest BCUT2D eigenvalue weighted by molar-refractivity contribution is 0.0936. The average molecular weight is 314 g/mol. The van der Waals surface area contributed by atoms with E-state index in [0.717, 1.165) is 31.4 Å². The van der Waals surface area contributed by atoms with Crippen molar-refractivity contribution in [1.82, 2.24) is 5.32 Å². The number of carbonyl (C=O) groups excluding carboxylic acids is 1. The Kier molecular flexibility index (Phi) is 4.34. The number of benzene rings is 1. The van der Waals surface area contributed by atoms with Crippen molar-refractivity contribution in [1.29, 1.82) is 0 Å². The number of hydrogen-bond donors (Lipinski definition) is 2. The summed E-state index contributed by atoms with van der Waals surface area (Å²) in [5.74, 6) is -0.713. The summed E-state index contributed by atoms with van der Waals surface area (Å²) >= 11 is 0. The van der Waals surface area contributed by atoms with Gasteiger partial charge in [0.1, 0.15) is 5.82 Å². The van der Waals surface area contributed by atoms with Crippen molar-refractivity contribution in [2.45, 2.75) is 44.0 Å². The van der Waals surface area contributed by atoms with Gasteiger partial charge in [0.2, 0.25) is 10.0 Å². The van der Waals surface area contributed by atoms with Gasteiger partial charge in [0.05, 0.1) is 4.90 Å². The number of nitrogens with two attached hydrogens (primary N) is 1. The Morgan fingerprint density at radius 2 is 2.05 bits per heavy atom. The Bertz CT molecular complexity index is 673. The number of amides is 1. The van der Waals surface area contributed by atoms with Crippen molar-refractivity contribution >= 4 is 15.9 Å². The predicted octanol–water partition coefficient (Wildman–Crippen LogP) is 1.70. The van der Waals surface area contributed by atoms with Gasteiger partial charge >= 0.3 is 0 Å². The van der Waals surface area contributed by atoms with Crippen molar-refractivity contribution in [2.24, 2.45) is 11.1 Å². The number of carbonyl (C=O) groups is 1. The molecule has 0 heterocycles. The lowest BCUT2D eigenvalue weighted by Gasteiger charge is -2.15. The standard InChI is InChI=1S/C14H19FN2O3S/c1-8-3-4-11(5-8)17-14(18)12-6-10(15)7-13(9(12)2)21(16,19)20/h6-8,11H,3-5H2,1-2H3,(H,17,18)(H2,16,19,20). The van der Waals surface area contributed by atoms with Crippen LogP contribution in [0.5, 0.6) is 0 Å². The van der Waals surface area contributed by atoms with E-state index in [-0.39, 0.29) is 22.1 Å². The van der Waals surface area contributed by atoms with Gasteiger partial charge in [-0.25, -0.2) is 17.9 Å². The molecule has 1 aromatic rings. The fourth-order valence-electron chi connectivity index (χ4n) is 2.79. The SMILES string of the molecule is Cc1c(C(=O)NC2CCC(C)C2)cc(F)cc1S(N)(=O)=O. The predicted molar refractivity (Wildman–Crippen MR) is 76.8 cm³/mol. The molecule has 1 amide bonds. The van der Waals surface area contributed by atoms with Crippen molar-refractivity contribution in [3.05, 3.63) is 29.1 Å². The van der Waals surface area contributed by atoms with Crippen LogP contribution in [0.25, 0.3) is 0 Å². The van der Waals surface area contributed by atoms with E-state index in [2.05, 4.69) is 12.2 Å². The third kappa shape index (κ3) is 3.59. The maximum atomic E-state index is 13.6. The molecule has 2 rings (SSSR count). The second kappa shape index (κ2) is 5.73. The lowest BCUT2D eigenvalue weighted by Crippen LogP contribution is -2.33. The van der Waals surface area contributed by atoms with Gasteiger partial charge < -0.3 is 5.32 Å². The second-order valence-corrected chi connectivity index (χ2v) is 7.24. The molecule has 1 aliphatic carbocycles. The van der Waals surface area contributed by atoms with Crippen molar-refractivity contribution < 1.29 is 17.6 Å². The summed E-state index contributed by atoms with van der Waals surface area (Å²) < 4.78 is 36.5. The molecule has 2 unspecified atom stereocenters. The third-order valence-electron chi connectivity index (χ3n) is 3.91. The molecule has 21 heavy (non-hydrogen) atoms. The largest absolute Gasteiger partial charge is 0.349 e. The number of sulfonamides is 1. The Labute approximate surface area is 123 Å². The molecule has 1 fully saturated rings. The number of halogens is 1. The van der Waals surface area contributed by atoms with E-state index in [1.807, 2.05) is 0 Å². The van der Waals surface area contributed by atoms with E-state index in [1.165, 1.54) is 6.92 Å². The van der Waals surface area contributed by atoms with Gasteiger partial charge in [-0.1, -0.05) is 6.92 Å². The normalized spacial score (nSPS) is 22.3. The molecule has 0 radical (unpaired) electrons. The van der Waals surface area contributed by atoms with Gasteiger partial charge in [-0.05, 0) is 49.8 Å². The molecule has 1 saturated carbocycles. The van der Waals surface area contributed by atoms with Crippen LogP contribution in [0.15, 0.2) is 17.0 Å². The van der Waals surface area contributed by atoms with Crippen molar-refractivity contribution in [3.8, 4) is 0 Å². The molecule has 1 aromatic carbocycles. The molecule has 116 valence electrons. The fourth-order valence-corrected chi connectivity index (χ4v) is 3.60. The van der Waals surface area contributed by atoms with Crippen LogP contribution in [0.4, 0.5) is 4.39 Å². The lowest BCUT2D eigenvalue weighted by atomic mass is 10.1. The number of nitrogens with one attached hydrogen (secondary N) is 1. The van der Waals surface area contributed by atoms with Gasteiger partial charge in [-0.15, -0.1) is 0 Å². The molecule has 0 aromatic heterocycles. The molecule has 7 heteroatoms. The summed E-state index contributed by atoms with van der Waals surface area (Å²) in [5, 5.41) is 7.88. The van der Waals surface area contributed by atoms with Crippen LogP contribution < -0.4 is 10.5 Å². The highest BCUT2D eigenvalue weighted by molar-refractivity contribution is 7.89. The van der Waals surface area contributed by atoms with Crippen LogP contribution in [0.2, 0.25) is 0 Å². The van der Waals surface area contributed by atoms with Crippen molar-refractivity contribution in [2.75, 3.05) is 0 Å². The number of rotatable bonds is 3. The maximum Gasteiger partial charge on any atom is 0.251 e. The molecule has 0 saturated heterocycles. The van der Waals surface area contributed by atoms with E-state index in [0.29, 0.717) is 5.92 Å². The minimum absolute atomic E-state index is 0.0126. The Balaban J connectivity index is 2.31. The topological polar surface area (TPSA) is 89.3 Å². The van der Waals surface area contributed by atoms with Crippen LogP contribution in [-0.2, 0) is 10.0 Å². The zero-order chi connectivity index (χ0) is 15.8. The zero-order valence-electron chi connectivity index (χ0n) is 12.0.